The number of pyridine rings is 2. The van der Waals surface area contributed by atoms with Crippen LogP contribution >= 0.6 is 11.6 Å². The molecule has 0 radical (unpaired) electrons. The van der Waals surface area contributed by atoms with Crippen LogP contribution in [0.5, 0.6) is 0 Å². The van der Waals surface area contributed by atoms with Gasteiger partial charge in [-0.2, -0.15) is 10.4 Å². The van der Waals surface area contributed by atoms with E-state index in [4.69, 9.17) is 17.3 Å². The molecule has 0 unspecified atom stereocenters. The number of aryl methyl sites for hydroxylation is 1. The molecule has 4 aromatic rings. The number of nitriles is 1. The lowest BCUT2D eigenvalue weighted by atomic mass is 10.1. The van der Waals surface area contributed by atoms with Gasteiger partial charge in [0.2, 0.25) is 0 Å². The highest BCUT2D eigenvalue weighted by Crippen LogP contribution is 2.27. The minimum atomic E-state index is -0.866. The second-order valence-electron chi connectivity index (χ2n) is 7.47. The molecule has 9 nitrogen and oxygen atoms in total. The predicted octanol–water partition coefficient (Wildman–Crippen LogP) is 3.51. The van der Waals surface area contributed by atoms with Crippen LogP contribution < -0.4 is 11.1 Å². The van der Waals surface area contributed by atoms with Crippen LogP contribution in [-0.2, 0) is 6.54 Å². The lowest BCUT2D eigenvalue weighted by Crippen LogP contribution is -2.18. The van der Waals surface area contributed by atoms with Crippen molar-refractivity contribution >= 4 is 40.0 Å². The van der Waals surface area contributed by atoms with E-state index in [0.29, 0.717) is 28.3 Å². The second kappa shape index (κ2) is 8.88. The number of nitrogens with one attached hydrogen (secondary N) is 1. The number of nitrogens with two attached hydrogens (primary N) is 1. The zero-order chi connectivity index (χ0) is 24.6. The number of rotatable bonds is 5. The number of hydrogen-bond acceptors (Lipinski definition) is 6. The Morgan fingerprint density at radius 3 is 2.76 bits per heavy atom. The molecule has 0 aliphatic rings. The number of nitrogens with zero attached hydrogens (tertiary/aromatic N) is 5. The molecule has 0 aliphatic heterocycles. The van der Waals surface area contributed by atoms with E-state index in [1.54, 1.807) is 36.9 Å². The van der Waals surface area contributed by atoms with E-state index in [-0.39, 0.29) is 33.7 Å². The number of fused-ring (bicyclic) bond motifs is 1. The molecule has 3 aromatic heterocycles. The van der Waals surface area contributed by atoms with Gasteiger partial charge < -0.3 is 11.1 Å². The second-order valence-corrected chi connectivity index (χ2v) is 7.88. The van der Waals surface area contributed by atoms with Crippen molar-refractivity contribution in [2.75, 3.05) is 5.32 Å². The highest BCUT2D eigenvalue weighted by molar-refractivity contribution is 6.31. The lowest BCUT2D eigenvalue weighted by molar-refractivity contribution is 0.0996. The highest BCUT2D eigenvalue weighted by atomic mass is 35.5. The van der Waals surface area contributed by atoms with Gasteiger partial charge in [-0.05, 0) is 38.1 Å². The first kappa shape index (κ1) is 22.8. The van der Waals surface area contributed by atoms with Crippen molar-refractivity contribution in [2.24, 2.45) is 5.73 Å². The maximum absolute atomic E-state index is 14.0. The van der Waals surface area contributed by atoms with Crippen molar-refractivity contribution in [3.8, 4) is 6.07 Å². The van der Waals surface area contributed by atoms with Crippen LogP contribution in [0.1, 0.15) is 43.5 Å². The van der Waals surface area contributed by atoms with Crippen LogP contribution in [0.25, 0.3) is 10.9 Å². The third-order valence-corrected chi connectivity index (χ3v) is 5.57. The first-order valence-electron chi connectivity index (χ1n) is 9.98. The third kappa shape index (κ3) is 4.16. The van der Waals surface area contributed by atoms with Crippen LogP contribution in [0.2, 0.25) is 5.02 Å². The number of hydrogen-bond donors (Lipinski definition) is 2. The van der Waals surface area contributed by atoms with Crippen LogP contribution in [0.4, 0.5) is 10.1 Å². The van der Waals surface area contributed by atoms with Gasteiger partial charge in [-0.15, -0.1) is 0 Å². The smallest absolute Gasteiger partial charge is 0.267 e. The number of aromatic nitrogens is 4. The largest absolute Gasteiger partial charge is 0.364 e. The Morgan fingerprint density at radius 1 is 1.29 bits per heavy atom. The monoisotopic (exact) mass is 477 g/mol. The standard InChI is InChI=1S/C23H17ClFN7O2/c1-11-21(12(2)32(31-11)10-20-13(9-26)4-3-5-28-20)30-23(34)15-7-19(22(27)33)29-18-8-17(25)16(24)6-14(15)18/h3-8H,10H2,1-2H3,(H2,27,33)(H,30,34). The number of amides is 2. The zero-order valence-electron chi connectivity index (χ0n) is 18.1. The molecule has 2 amide bonds. The lowest BCUT2D eigenvalue weighted by Gasteiger charge is -2.11. The van der Waals surface area contributed by atoms with Crippen LogP contribution in [-0.4, -0.2) is 31.6 Å². The summed E-state index contributed by atoms with van der Waals surface area (Å²) in [7, 11) is 0. The van der Waals surface area contributed by atoms with E-state index in [9.17, 15) is 19.2 Å². The molecule has 11 heteroatoms. The fraction of sp³-hybridized carbons (Fsp3) is 0.130. The Morgan fingerprint density at radius 2 is 2.06 bits per heavy atom. The van der Waals surface area contributed by atoms with Crippen molar-refractivity contribution in [1.29, 1.82) is 5.26 Å². The van der Waals surface area contributed by atoms with Gasteiger partial charge >= 0.3 is 0 Å². The van der Waals surface area contributed by atoms with E-state index in [0.717, 1.165) is 6.07 Å². The summed E-state index contributed by atoms with van der Waals surface area (Å²) in [5, 5.41) is 16.6. The number of carbonyl (C=O) groups is 2. The van der Waals surface area contributed by atoms with Crippen molar-refractivity contribution in [1.82, 2.24) is 19.7 Å². The van der Waals surface area contributed by atoms with Crippen molar-refractivity contribution < 1.29 is 14.0 Å². The fourth-order valence-electron chi connectivity index (χ4n) is 3.56. The molecule has 0 bridgehead atoms. The van der Waals surface area contributed by atoms with E-state index >= 15 is 0 Å². The van der Waals surface area contributed by atoms with Crippen molar-refractivity contribution in [2.45, 2.75) is 20.4 Å². The summed E-state index contributed by atoms with van der Waals surface area (Å²) in [5.74, 6) is -2.19. The SMILES string of the molecule is Cc1nn(Cc2ncccc2C#N)c(C)c1NC(=O)c1cc(C(N)=O)nc2cc(F)c(Cl)cc12. The van der Waals surface area contributed by atoms with Gasteiger partial charge in [-0.1, -0.05) is 11.6 Å². The van der Waals surface area contributed by atoms with Gasteiger partial charge in [-0.3, -0.25) is 19.3 Å². The molecule has 0 atom stereocenters. The van der Waals surface area contributed by atoms with Gasteiger partial charge in [0.1, 0.15) is 17.6 Å². The summed E-state index contributed by atoms with van der Waals surface area (Å²) in [6.07, 6.45) is 1.59. The summed E-state index contributed by atoms with van der Waals surface area (Å²) in [4.78, 5) is 33.3. The Hall–Kier alpha value is -4.36. The molecule has 1 aromatic carbocycles. The molecule has 0 spiro atoms. The first-order chi connectivity index (χ1) is 16.2. The van der Waals surface area contributed by atoms with E-state index in [2.05, 4.69) is 26.5 Å². The summed E-state index contributed by atoms with van der Waals surface area (Å²) in [6, 6.07) is 8.97. The van der Waals surface area contributed by atoms with Crippen LogP contribution in [0.3, 0.4) is 0 Å². The topological polar surface area (TPSA) is 140 Å². The van der Waals surface area contributed by atoms with Crippen LogP contribution in [0, 0.1) is 31.0 Å². The third-order valence-electron chi connectivity index (χ3n) is 5.28. The van der Waals surface area contributed by atoms with Gasteiger partial charge in [0.25, 0.3) is 11.8 Å². The molecule has 170 valence electrons. The fourth-order valence-corrected chi connectivity index (χ4v) is 3.72. The van der Waals surface area contributed by atoms with Crippen molar-refractivity contribution in [3.63, 3.8) is 0 Å². The van der Waals surface area contributed by atoms with E-state index < -0.39 is 17.6 Å². The molecule has 0 saturated heterocycles. The number of carbonyl (C=O) groups excluding carboxylic acids is 2. The normalized spacial score (nSPS) is 10.8. The number of primary amides is 1. The zero-order valence-corrected chi connectivity index (χ0v) is 18.8. The molecule has 3 N–H and O–H groups in total. The summed E-state index contributed by atoms with van der Waals surface area (Å²) >= 11 is 5.91. The first-order valence-corrected chi connectivity index (χ1v) is 10.4. The molecule has 3 heterocycles. The Bertz CT molecular complexity index is 1520. The molecule has 0 aliphatic carbocycles. The minimum Gasteiger partial charge on any atom is -0.364 e. The number of benzene rings is 1. The Labute approximate surface area is 198 Å². The Kier molecular flexibility index (Phi) is 5.96. The molecule has 0 saturated carbocycles. The van der Waals surface area contributed by atoms with E-state index in [1.807, 2.05) is 0 Å². The van der Waals surface area contributed by atoms with Gasteiger partial charge in [0.15, 0.2) is 0 Å². The molecule has 4 rings (SSSR count). The van der Waals surface area contributed by atoms with Gasteiger partial charge in [0, 0.05) is 17.6 Å². The maximum Gasteiger partial charge on any atom is 0.267 e. The number of anilines is 1. The average Bonchev–Trinajstić information content (AvgIpc) is 3.06. The maximum atomic E-state index is 14.0. The van der Waals surface area contributed by atoms with Gasteiger partial charge in [0.05, 0.1) is 51.0 Å². The van der Waals surface area contributed by atoms with Crippen molar-refractivity contribution in [3.05, 3.63) is 81.3 Å². The predicted molar refractivity (Wildman–Crippen MR) is 123 cm³/mol. The molecular formula is C23H17ClFN7O2. The minimum absolute atomic E-state index is 0.0451. The molecular weight excluding hydrogens is 461 g/mol. The van der Waals surface area contributed by atoms with E-state index in [1.165, 1.54) is 12.1 Å². The van der Waals surface area contributed by atoms with Crippen LogP contribution in [0.15, 0.2) is 36.5 Å². The summed E-state index contributed by atoms with van der Waals surface area (Å²) < 4.78 is 15.6. The molecule has 34 heavy (non-hydrogen) atoms. The summed E-state index contributed by atoms with van der Waals surface area (Å²) in [5.41, 5.74) is 7.82. The summed E-state index contributed by atoms with van der Waals surface area (Å²) in [6.45, 7) is 3.70. The average molecular weight is 478 g/mol. The van der Waals surface area contributed by atoms with Gasteiger partial charge in [-0.25, -0.2) is 9.37 Å². The number of halogens is 2. The quantitative estimate of drug-likeness (QED) is 0.450. The highest BCUT2D eigenvalue weighted by Gasteiger charge is 2.21. The molecule has 0 fully saturated rings. The Balaban J connectivity index is 1.73.